The Morgan fingerprint density at radius 3 is 1.95 bits per heavy atom. The van der Waals surface area contributed by atoms with Crippen LogP contribution in [-0.4, -0.2) is 16.9 Å². The van der Waals surface area contributed by atoms with Gasteiger partial charge in [-0.1, -0.05) is 57.1 Å². The largest absolute Gasteiger partial charge is 0.478 e. The lowest BCUT2D eigenvalue weighted by Crippen LogP contribution is -2.11. The highest BCUT2D eigenvalue weighted by atomic mass is 16.4. The maximum atomic E-state index is 12.2. The van der Waals surface area contributed by atoms with Crippen LogP contribution in [0.2, 0.25) is 0 Å². The van der Waals surface area contributed by atoms with E-state index >= 15 is 0 Å². The lowest BCUT2D eigenvalue weighted by molar-refractivity contribution is 0.0696. The van der Waals surface area contributed by atoms with Gasteiger partial charge >= 0.3 is 5.97 Å². The Hall–Kier alpha value is -1.64. The fourth-order valence-corrected chi connectivity index (χ4v) is 2.92. The van der Waals surface area contributed by atoms with Crippen molar-refractivity contribution in [2.75, 3.05) is 0 Å². The van der Waals surface area contributed by atoms with Gasteiger partial charge in [0, 0.05) is 12.0 Å². The third kappa shape index (κ3) is 4.19. The highest BCUT2D eigenvalue weighted by Crippen LogP contribution is 2.26. The van der Waals surface area contributed by atoms with Crippen LogP contribution in [0, 0.1) is 5.92 Å². The molecule has 0 aromatic heterocycles. The van der Waals surface area contributed by atoms with Gasteiger partial charge in [0.1, 0.15) is 0 Å². The van der Waals surface area contributed by atoms with Crippen molar-refractivity contribution in [3.63, 3.8) is 0 Å². The Balaban J connectivity index is 1.94. The van der Waals surface area contributed by atoms with Crippen LogP contribution in [0.1, 0.15) is 72.1 Å². The van der Waals surface area contributed by atoms with Gasteiger partial charge in [-0.3, -0.25) is 4.79 Å². The molecule has 0 radical (unpaired) electrons. The second-order valence-corrected chi connectivity index (χ2v) is 5.72. The number of carboxylic acid groups (broad SMARTS) is 1. The van der Waals surface area contributed by atoms with E-state index in [4.69, 9.17) is 5.11 Å². The Labute approximate surface area is 120 Å². The number of hydrogen-bond acceptors (Lipinski definition) is 2. The van der Waals surface area contributed by atoms with Gasteiger partial charge in [0.05, 0.1) is 5.56 Å². The predicted octanol–water partition coefficient (Wildman–Crippen LogP) is 4.32. The van der Waals surface area contributed by atoms with E-state index in [1.807, 2.05) is 0 Å². The number of hydrogen-bond donors (Lipinski definition) is 1. The molecule has 1 aromatic rings. The van der Waals surface area contributed by atoms with E-state index in [-0.39, 0.29) is 11.3 Å². The van der Waals surface area contributed by atoms with E-state index in [2.05, 4.69) is 0 Å². The predicted molar refractivity (Wildman–Crippen MR) is 78.2 cm³/mol. The maximum Gasteiger partial charge on any atom is 0.335 e. The van der Waals surface area contributed by atoms with E-state index in [0.29, 0.717) is 17.9 Å². The van der Waals surface area contributed by atoms with Crippen LogP contribution in [0.15, 0.2) is 24.3 Å². The first kappa shape index (κ1) is 14.8. The van der Waals surface area contributed by atoms with Gasteiger partial charge in [-0.05, 0) is 18.1 Å². The second kappa shape index (κ2) is 7.22. The highest BCUT2D eigenvalue weighted by Gasteiger charge is 2.16. The normalized spacial score (nSPS) is 17.2. The summed E-state index contributed by atoms with van der Waals surface area (Å²) in [6.07, 6.45) is 9.28. The summed E-state index contributed by atoms with van der Waals surface area (Å²) in [5.41, 5.74) is 0.865. The topological polar surface area (TPSA) is 54.4 Å². The van der Waals surface area contributed by atoms with E-state index in [1.165, 1.54) is 44.2 Å². The number of carbonyl (C=O) groups is 2. The minimum Gasteiger partial charge on any atom is -0.478 e. The van der Waals surface area contributed by atoms with Crippen molar-refractivity contribution in [2.24, 2.45) is 5.92 Å². The molecule has 108 valence electrons. The molecule has 0 saturated heterocycles. The zero-order valence-electron chi connectivity index (χ0n) is 11.8. The molecule has 0 spiro atoms. The Morgan fingerprint density at radius 1 is 0.900 bits per heavy atom. The van der Waals surface area contributed by atoms with Gasteiger partial charge in [-0.25, -0.2) is 4.79 Å². The van der Waals surface area contributed by atoms with E-state index in [9.17, 15) is 9.59 Å². The molecule has 3 heteroatoms. The van der Waals surface area contributed by atoms with Gasteiger partial charge in [-0.15, -0.1) is 0 Å². The van der Waals surface area contributed by atoms with Crippen LogP contribution in [0.5, 0.6) is 0 Å². The van der Waals surface area contributed by atoms with Gasteiger partial charge < -0.3 is 5.11 Å². The van der Waals surface area contributed by atoms with Crippen molar-refractivity contribution in [1.29, 1.82) is 0 Å². The van der Waals surface area contributed by atoms with Crippen molar-refractivity contribution >= 4 is 11.8 Å². The molecule has 0 heterocycles. The van der Waals surface area contributed by atoms with Crippen LogP contribution in [-0.2, 0) is 0 Å². The fourth-order valence-electron chi connectivity index (χ4n) is 2.92. The smallest absolute Gasteiger partial charge is 0.335 e. The summed E-state index contributed by atoms with van der Waals surface area (Å²) in [7, 11) is 0. The Morgan fingerprint density at radius 2 is 1.40 bits per heavy atom. The first-order chi connectivity index (χ1) is 9.66. The quantitative estimate of drug-likeness (QED) is 0.832. The van der Waals surface area contributed by atoms with Crippen LogP contribution in [0.4, 0.5) is 0 Å². The van der Waals surface area contributed by atoms with Crippen LogP contribution < -0.4 is 0 Å². The van der Waals surface area contributed by atoms with Crippen molar-refractivity contribution in [3.05, 3.63) is 35.4 Å². The van der Waals surface area contributed by atoms with E-state index in [0.717, 1.165) is 12.8 Å². The first-order valence-corrected chi connectivity index (χ1v) is 7.53. The molecule has 1 aromatic carbocycles. The Bertz CT molecular complexity index is 454. The number of rotatable bonds is 4. The number of Topliss-reactive ketones (excluding diaryl/α,β-unsaturated/α-hetero) is 1. The zero-order chi connectivity index (χ0) is 14.4. The van der Waals surface area contributed by atoms with Crippen LogP contribution in [0.25, 0.3) is 0 Å². The SMILES string of the molecule is O=C(O)c1ccc(C(=O)CC2CCCCCCC2)cc1. The fraction of sp³-hybridized carbons (Fsp3) is 0.529. The Kier molecular flexibility index (Phi) is 5.33. The number of benzene rings is 1. The summed E-state index contributed by atoms with van der Waals surface area (Å²) in [6.45, 7) is 0. The van der Waals surface area contributed by atoms with Crippen molar-refractivity contribution in [1.82, 2.24) is 0 Å². The number of ketones is 1. The number of carbonyl (C=O) groups excluding carboxylic acids is 1. The zero-order valence-corrected chi connectivity index (χ0v) is 11.8. The van der Waals surface area contributed by atoms with Gasteiger partial charge in [0.25, 0.3) is 0 Å². The molecule has 3 nitrogen and oxygen atoms in total. The van der Waals surface area contributed by atoms with Gasteiger partial charge in [0.15, 0.2) is 5.78 Å². The molecule has 0 bridgehead atoms. The molecule has 1 aliphatic rings. The molecular weight excluding hydrogens is 252 g/mol. The van der Waals surface area contributed by atoms with Crippen molar-refractivity contribution < 1.29 is 14.7 Å². The van der Waals surface area contributed by atoms with Gasteiger partial charge in [-0.2, -0.15) is 0 Å². The molecule has 0 unspecified atom stereocenters. The summed E-state index contributed by atoms with van der Waals surface area (Å²) in [5.74, 6) is -0.307. The van der Waals surface area contributed by atoms with Crippen LogP contribution >= 0.6 is 0 Å². The third-order valence-electron chi connectivity index (χ3n) is 4.15. The summed E-state index contributed by atoms with van der Waals surface area (Å²) >= 11 is 0. The molecule has 20 heavy (non-hydrogen) atoms. The minimum absolute atomic E-state index is 0.146. The average Bonchev–Trinajstić information content (AvgIpc) is 2.41. The molecule has 1 fully saturated rings. The third-order valence-corrected chi connectivity index (χ3v) is 4.15. The van der Waals surface area contributed by atoms with Gasteiger partial charge in [0.2, 0.25) is 0 Å². The van der Waals surface area contributed by atoms with Crippen LogP contribution in [0.3, 0.4) is 0 Å². The molecule has 0 aliphatic heterocycles. The summed E-state index contributed by atoms with van der Waals surface area (Å²) < 4.78 is 0. The van der Waals surface area contributed by atoms with E-state index in [1.54, 1.807) is 12.1 Å². The summed E-state index contributed by atoms with van der Waals surface area (Å²) in [4.78, 5) is 23.0. The molecule has 1 N–H and O–H groups in total. The summed E-state index contributed by atoms with van der Waals surface area (Å²) in [6, 6.07) is 6.28. The van der Waals surface area contributed by atoms with E-state index < -0.39 is 5.97 Å². The molecular formula is C17H22O3. The lowest BCUT2D eigenvalue weighted by atomic mass is 9.86. The summed E-state index contributed by atoms with van der Waals surface area (Å²) in [5, 5.41) is 8.85. The highest BCUT2D eigenvalue weighted by molar-refractivity contribution is 5.97. The molecule has 1 saturated carbocycles. The second-order valence-electron chi connectivity index (χ2n) is 5.72. The molecule has 1 aliphatic carbocycles. The molecule has 0 atom stereocenters. The number of aromatic carboxylic acids is 1. The monoisotopic (exact) mass is 274 g/mol. The van der Waals surface area contributed by atoms with Crippen molar-refractivity contribution in [2.45, 2.75) is 51.4 Å². The molecule has 2 rings (SSSR count). The van der Waals surface area contributed by atoms with Crippen molar-refractivity contribution in [3.8, 4) is 0 Å². The maximum absolute atomic E-state index is 12.2. The number of carboxylic acids is 1. The average molecular weight is 274 g/mol. The minimum atomic E-state index is -0.955. The first-order valence-electron chi connectivity index (χ1n) is 7.53. The molecule has 0 amide bonds. The standard InChI is InChI=1S/C17H22O3/c18-16(12-13-6-4-2-1-3-5-7-13)14-8-10-15(11-9-14)17(19)20/h8-11,13H,1-7,12H2,(H,19,20). The lowest BCUT2D eigenvalue weighted by Gasteiger charge is -2.18.